The third-order valence-electron chi connectivity index (χ3n) is 1.44. The van der Waals surface area contributed by atoms with Crippen LogP contribution in [0, 0.1) is 0 Å². The van der Waals surface area contributed by atoms with E-state index in [4.69, 9.17) is 9.52 Å². The second kappa shape index (κ2) is 3.98. The second-order valence-electron chi connectivity index (χ2n) is 2.35. The topological polar surface area (TPSA) is 33.4 Å². The van der Waals surface area contributed by atoms with E-state index < -0.39 is 0 Å². The van der Waals surface area contributed by atoms with Crippen LogP contribution in [0.2, 0.25) is 0 Å². The Morgan fingerprint density at radius 1 is 1.73 bits per heavy atom. The standard InChI is InChI=1S/C9H12O2/c1-2-8(10)5-6-9-4-3-7-11-9/h3-8,10H,2H2,1H3/b6-5+/t8-/m0/s1. The molecule has 0 saturated heterocycles. The zero-order valence-corrected chi connectivity index (χ0v) is 6.53. The molecule has 0 aliphatic carbocycles. The minimum absolute atomic E-state index is 0.361. The van der Waals surface area contributed by atoms with Crippen molar-refractivity contribution in [1.29, 1.82) is 0 Å². The second-order valence-corrected chi connectivity index (χ2v) is 2.35. The van der Waals surface area contributed by atoms with E-state index in [0.29, 0.717) is 0 Å². The average molecular weight is 152 g/mol. The highest BCUT2D eigenvalue weighted by Crippen LogP contribution is 2.03. The van der Waals surface area contributed by atoms with Crippen LogP contribution in [0.3, 0.4) is 0 Å². The van der Waals surface area contributed by atoms with Gasteiger partial charge in [-0.3, -0.25) is 0 Å². The molecule has 60 valence electrons. The predicted molar refractivity (Wildman–Crippen MR) is 44.0 cm³/mol. The summed E-state index contributed by atoms with van der Waals surface area (Å²) in [5.41, 5.74) is 0. The van der Waals surface area contributed by atoms with E-state index in [1.807, 2.05) is 19.1 Å². The van der Waals surface area contributed by atoms with Gasteiger partial charge in [-0.1, -0.05) is 13.0 Å². The molecule has 1 rings (SSSR count). The molecule has 1 N–H and O–H groups in total. The molecular weight excluding hydrogens is 140 g/mol. The fraction of sp³-hybridized carbons (Fsp3) is 0.333. The highest BCUT2D eigenvalue weighted by Gasteiger charge is 1.93. The first-order valence-electron chi connectivity index (χ1n) is 3.72. The van der Waals surface area contributed by atoms with E-state index in [1.165, 1.54) is 0 Å². The molecule has 0 spiro atoms. The lowest BCUT2D eigenvalue weighted by Gasteiger charge is -1.96. The fourth-order valence-electron chi connectivity index (χ4n) is 0.728. The predicted octanol–water partition coefficient (Wildman–Crippen LogP) is 2.06. The van der Waals surface area contributed by atoms with Gasteiger partial charge in [-0.05, 0) is 24.6 Å². The van der Waals surface area contributed by atoms with Crippen molar-refractivity contribution in [3.8, 4) is 0 Å². The van der Waals surface area contributed by atoms with E-state index in [-0.39, 0.29) is 6.10 Å². The van der Waals surface area contributed by atoms with Crippen molar-refractivity contribution < 1.29 is 9.52 Å². The summed E-state index contributed by atoms with van der Waals surface area (Å²) in [6, 6.07) is 3.66. The van der Waals surface area contributed by atoms with Crippen molar-refractivity contribution in [3.05, 3.63) is 30.2 Å². The van der Waals surface area contributed by atoms with Gasteiger partial charge >= 0.3 is 0 Å². The lowest BCUT2D eigenvalue weighted by atomic mass is 10.2. The molecule has 0 saturated carbocycles. The van der Waals surface area contributed by atoms with Gasteiger partial charge in [-0.2, -0.15) is 0 Å². The minimum Gasteiger partial charge on any atom is -0.465 e. The third kappa shape index (κ3) is 2.60. The maximum Gasteiger partial charge on any atom is 0.126 e. The minimum atomic E-state index is -0.361. The van der Waals surface area contributed by atoms with Crippen LogP contribution in [0.5, 0.6) is 0 Å². The van der Waals surface area contributed by atoms with Crippen molar-refractivity contribution in [3.63, 3.8) is 0 Å². The molecule has 1 heterocycles. The Kier molecular flexibility index (Phi) is 2.93. The lowest BCUT2D eigenvalue weighted by Crippen LogP contribution is -1.97. The monoisotopic (exact) mass is 152 g/mol. The molecule has 0 bridgehead atoms. The van der Waals surface area contributed by atoms with Crippen LogP contribution >= 0.6 is 0 Å². The Labute approximate surface area is 66.2 Å². The van der Waals surface area contributed by atoms with E-state index in [1.54, 1.807) is 18.4 Å². The Morgan fingerprint density at radius 2 is 2.55 bits per heavy atom. The lowest BCUT2D eigenvalue weighted by molar-refractivity contribution is 0.220. The van der Waals surface area contributed by atoms with Gasteiger partial charge in [0.15, 0.2) is 0 Å². The summed E-state index contributed by atoms with van der Waals surface area (Å²) in [5, 5.41) is 9.13. The van der Waals surface area contributed by atoms with Gasteiger partial charge in [0.25, 0.3) is 0 Å². The Balaban J connectivity index is 2.48. The van der Waals surface area contributed by atoms with E-state index in [2.05, 4.69) is 0 Å². The van der Waals surface area contributed by atoms with Crippen LogP contribution in [0.15, 0.2) is 28.9 Å². The van der Waals surface area contributed by atoms with Gasteiger partial charge in [-0.15, -0.1) is 0 Å². The zero-order chi connectivity index (χ0) is 8.10. The van der Waals surface area contributed by atoms with Gasteiger partial charge in [-0.25, -0.2) is 0 Å². The maximum absolute atomic E-state index is 9.13. The van der Waals surface area contributed by atoms with Crippen molar-refractivity contribution in [2.24, 2.45) is 0 Å². The number of rotatable bonds is 3. The van der Waals surface area contributed by atoms with Crippen molar-refractivity contribution in [2.45, 2.75) is 19.4 Å². The zero-order valence-electron chi connectivity index (χ0n) is 6.53. The van der Waals surface area contributed by atoms with Crippen molar-refractivity contribution >= 4 is 6.08 Å². The van der Waals surface area contributed by atoms with Crippen LogP contribution in [0.25, 0.3) is 6.08 Å². The number of hydrogen-bond donors (Lipinski definition) is 1. The van der Waals surface area contributed by atoms with E-state index >= 15 is 0 Å². The molecule has 0 unspecified atom stereocenters. The van der Waals surface area contributed by atoms with E-state index in [0.717, 1.165) is 12.2 Å². The molecule has 2 heteroatoms. The first-order chi connectivity index (χ1) is 5.33. The molecule has 11 heavy (non-hydrogen) atoms. The Bertz CT molecular complexity index is 211. The van der Waals surface area contributed by atoms with Gasteiger partial charge in [0, 0.05) is 0 Å². The molecule has 0 aliphatic rings. The normalized spacial score (nSPS) is 14.0. The molecule has 0 aliphatic heterocycles. The summed E-state index contributed by atoms with van der Waals surface area (Å²) in [4.78, 5) is 0. The van der Waals surface area contributed by atoms with Gasteiger partial charge in [0.2, 0.25) is 0 Å². The van der Waals surface area contributed by atoms with Crippen LogP contribution in [-0.2, 0) is 0 Å². The molecule has 0 amide bonds. The molecule has 2 nitrogen and oxygen atoms in total. The highest BCUT2D eigenvalue weighted by atomic mass is 16.3. The molecular formula is C9H12O2. The molecule has 1 aromatic heterocycles. The summed E-state index contributed by atoms with van der Waals surface area (Å²) in [7, 11) is 0. The SMILES string of the molecule is CC[C@H](O)/C=C/c1ccco1. The first kappa shape index (κ1) is 8.08. The van der Waals surface area contributed by atoms with Gasteiger partial charge in [0.1, 0.15) is 5.76 Å². The van der Waals surface area contributed by atoms with Gasteiger partial charge in [0.05, 0.1) is 12.4 Å². The summed E-state index contributed by atoms with van der Waals surface area (Å²) in [5.74, 6) is 0.775. The van der Waals surface area contributed by atoms with Crippen LogP contribution in [0.4, 0.5) is 0 Å². The third-order valence-corrected chi connectivity index (χ3v) is 1.44. The Morgan fingerprint density at radius 3 is 3.09 bits per heavy atom. The van der Waals surface area contributed by atoms with Gasteiger partial charge < -0.3 is 9.52 Å². The Hall–Kier alpha value is -1.02. The van der Waals surface area contributed by atoms with Crippen molar-refractivity contribution in [1.82, 2.24) is 0 Å². The molecule has 1 aromatic rings. The van der Waals surface area contributed by atoms with Crippen LogP contribution in [-0.4, -0.2) is 11.2 Å². The summed E-state index contributed by atoms with van der Waals surface area (Å²) >= 11 is 0. The molecule has 0 radical (unpaired) electrons. The number of aliphatic hydroxyl groups excluding tert-OH is 1. The maximum atomic E-state index is 9.13. The fourth-order valence-corrected chi connectivity index (χ4v) is 0.728. The first-order valence-corrected chi connectivity index (χ1v) is 3.72. The smallest absolute Gasteiger partial charge is 0.126 e. The summed E-state index contributed by atoms with van der Waals surface area (Å²) in [6.45, 7) is 1.93. The summed E-state index contributed by atoms with van der Waals surface area (Å²) < 4.78 is 5.03. The number of aliphatic hydroxyl groups is 1. The number of furan rings is 1. The largest absolute Gasteiger partial charge is 0.465 e. The average Bonchev–Trinajstić information content (AvgIpc) is 2.52. The highest BCUT2D eigenvalue weighted by molar-refractivity contribution is 5.42. The molecule has 0 aromatic carbocycles. The number of hydrogen-bond acceptors (Lipinski definition) is 2. The van der Waals surface area contributed by atoms with Crippen LogP contribution in [0.1, 0.15) is 19.1 Å². The summed E-state index contributed by atoms with van der Waals surface area (Å²) in [6.07, 6.45) is 5.47. The van der Waals surface area contributed by atoms with Crippen molar-refractivity contribution in [2.75, 3.05) is 0 Å². The van der Waals surface area contributed by atoms with Crippen LogP contribution < -0.4 is 0 Å². The quantitative estimate of drug-likeness (QED) is 0.719. The molecule has 0 fully saturated rings. The van der Waals surface area contributed by atoms with E-state index in [9.17, 15) is 0 Å². The molecule has 1 atom stereocenters.